The highest BCUT2D eigenvalue weighted by Crippen LogP contribution is 2.56. The van der Waals surface area contributed by atoms with Crippen LogP contribution >= 0.6 is 0 Å². The van der Waals surface area contributed by atoms with Crippen LogP contribution in [-0.4, -0.2) is 8.07 Å². The van der Waals surface area contributed by atoms with Crippen molar-refractivity contribution in [3.8, 4) is 33.4 Å². The van der Waals surface area contributed by atoms with Crippen molar-refractivity contribution in [2.45, 2.75) is 5.41 Å². The van der Waals surface area contributed by atoms with E-state index in [1.165, 1.54) is 76.4 Å². The van der Waals surface area contributed by atoms with Crippen molar-refractivity contribution in [2.75, 3.05) is 4.90 Å². The first kappa shape index (κ1) is 41.8. The Hall–Kier alpha value is -8.56. The standard InChI is InChI=1S/C67H49NSi/c1-6-20-50(21-7-1)51-34-36-52(37-35-51)53-38-44-57(45-39-53)68(56-22-8-2-9-23-56)58-46-40-54(41-47-58)67(65-32-18-16-30-63(65)64-31-17-19-33-66(64)67)55-42-48-62(49-43-55)69(59-24-10-3-11-25-59,60-26-12-4-13-27-60)61-28-14-5-15-29-61/h1-49H. The summed E-state index contributed by atoms with van der Waals surface area (Å²) in [6, 6.07) is 110. The van der Waals surface area contributed by atoms with Crippen molar-refractivity contribution in [1.29, 1.82) is 0 Å². The van der Waals surface area contributed by atoms with Gasteiger partial charge in [0.15, 0.2) is 8.07 Å². The number of benzene rings is 11. The SMILES string of the molecule is c1ccc(-c2ccc(-c3ccc(N(c4ccccc4)c4ccc(C5(c6ccc([Si](c7ccccc7)(c7ccccc7)c7ccccc7)cc6)c6ccccc6-c6ccccc65)cc4)cc3)cc2)cc1. The van der Waals surface area contributed by atoms with Gasteiger partial charge < -0.3 is 4.90 Å². The molecule has 0 unspecified atom stereocenters. The Balaban J connectivity index is 0.981. The fourth-order valence-electron chi connectivity index (χ4n) is 11.2. The molecule has 11 aromatic carbocycles. The Morgan fingerprint density at radius 3 is 0.957 bits per heavy atom. The number of hydrogen-bond acceptors (Lipinski definition) is 1. The Morgan fingerprint density at radius 1 is 0.232 bits per heavy atom. The lowest BCUT2D eigenvalue weighted by atomic mass is 9.67. The second-order valence-corrected chi connectivity index (χ2v) is 21.8. The maximum absolute atomic E-state index is 2.74. The maximum atomic E-state index is 2.45. The first-order chi connectivity index (χ1) is 34.2. The van der Waals surface area contributed by atoms with Crippen LogP contribution in [0.5, 0.6) is 0 Å². The lowest BCUT2D eigenvalue weighted by molar-refractivity contribution is 0.769. The third kappa shape index (κ3) is 7.16. The van der Waals surface area contributed by atoms with Crippen LogP contribution in [0.3, 0.4) is 0 Å². The van der Waals surface area contributed by atoms with Crippen molar-refractivity contribution < 1.29 is 0 Å². The zero-order valence-electron chi connectivity index (χ0n) is 38.2. The van der Waals surface area contributed by atoms with Gasteiger partial charge in [0, 0.05) is 17.1 Å². The fraction of sp³-hybridized carbons (Fsp3) is 0.0149. The van der Waals surface area contributed by atoms with E-state index in [0.717, 1.165) is 17.1 Å². The van der Waals surface area contributed by atoms with Crippen LogP contribution < -0.4 is 25.6 Å². The Bertz CT molecular complexity index is 3340. The van der Waals surface area contributed by atoms with E-state index >= 15 is 0 Å². The molecular weight excluding hydrogens is 847 g/mol. The van der Waals surface area contributed by atoms with E-state index in [2.05, 4.69) is 302 Å². The van der Waals surface area contributed by atoms with Crippen LogP contribution in [0.1, 0.15) is 22.3 Å². The van der Waals surface area contributed by atoms with Crippen LogP contribution in [-0.2, 0) is 5.41 Å². The molecule has 0 heterocycles. The highest BCUT2D eigenvalue weighted by atomic mass is 28.3. The predicted molar refractivity (Wildman–Crippen MR) is 293 cm³/mol. The number of rotatable bonds is 11. The molecule has 11 aromatic rings. The maximum Gasteiger partial charge on any atom is 0.179 e. The van der Waals surface area contributed by atoms with Crippen molar-refractivity contribution >= 4 is 45.9 Å². The predicted octanol–water partition coefficient (Wildman–Crippen LogP) is 14.2. The van der Waals surface area contributed by atoms with Gasteiger partial charge in [0.25, 0.3) is 0 Å². The van der Waals surface area contributed by atoms with E-state index in [-0.39, 0.29) is 0 Å². The zero-order chi connectivity index (χ0) is 46.0. The van der Waals surface area contributed by atoms with Crippen LogP contribution in [0, 0.1) is 0 Å². The molecule has 12 rings (SSSR count). The summed E-state index contributed by atoms with van der Waals surface area (Å²) in [5, 5.41) is 5.46. The van der Waals surface area contributed by atoms with Crippen molar-refractivity contribution in [2.24, 2.45) is 0 Å². The second-order valence-electron chi connectivity index (χ2n) is 18.0. The van der Waals surface area contributed by atoms with Gasteiger partial charge in [-0.3, -0.25) is 0 Å². The largest absolute Gasteiger partial charge is 0.311 e. The smallest absolute Gasteiger partial charge is 0.179 e. The summed E-state index contributed by atoms with van der Waals surface area (Å²) in [4.78, 5) is 2.37. The van der Waals surface area contributed by atoms with Crippen LogP contribution in [0.2, 0.25) is 0 Å². The Labute approximate surface area is 407 Å². The average molecular weight is 896 g/mol. The summed E-state index contributed by atoms with van der Waals surface area (Å²) in [5.74, 6) is 0. The number of anilines is 3. The van der Waals surface area contributed by atoms with Gasteiger partial charge in [-0.1, -0.05) is 261 Å². The van der Waals surface area contributed by atoms with Crippen molar-refractivity contribution in [3.05, 3.63) is 320 Å². The fourth-order valence-corrected chi connectivity index (χ4v) is 16.0. The molecule has 0 aromatic heterocycles. The monoisotopic (exact) mass is 895 g/mol. The molecule has 0 bridgehead atoms. The summed E-state index contributed by atoms with van der Waals surface area (Å²) in [7, 11) is -2.74. The van der Waals surface area contributed by atoms with Crippen LogP contribution in [0.4, 0.5) is 17.1 Å². The molecule has 0 N–H and O–H groups in total. The van der Waals surface area contributed by atoms with Gasteiger partial charge in [0.1, 0.15) is 0 Å². The highest BCUT2D eigenvalue weighted by molar-refractivity contribution is 7.19. The molecule has 1 aliphatic rings. The third-order valence-corrected chi connectivity index (χ3v) is 19.1. The Kier molecular flexibility index (Phi) is 10.9. The van der Waals surface area contributed by atoms with E-state index < -0.39 is 13.5 Å². The molecule has 0 spiro atoms. The van der Waals surface area contributed by atoms with Crippen molar-refractivity contribution in [3.63, 3.8) is 0 Å². The molecule has 0 saturated carbocycles. The van der Waals surface area contributed by atoms with E-state index in [1.54, 1.807) is 0 Å². The zero-order valence-corrected chi connectivity index (χ0v) is 39.2. The van der Waals surface area contributed by atoms with E-state index in [4.69, 9.17) is 0 Å². The minimum Gasteiger partial charge on any atom is -0.311 e. The van der Waals surface area contributed by atoms with Gasteiger partial charge in [-0.15, -0.1) is 0 Å². The molecule has 0 fully saturated rings. The molecular formula is C67H49NSi. The van der Waals surface area contributed by atoms with E-state index in [1.807, 2.05) is 0 Å². The highest BCUT2D eigenvalue weighted by Gasteiger charge is 2.47. The topological polar surface area (TPSA) is 3.24 Å². The second kappa shape index (κ2) is 17.9. The molecule has 0 atom stereocenters. The lowest BCUT2D eigenvalue weighted by Crippen LogP contribution is -2.74. The minimum atomic E-state index is -2.74. The number of para-hydroxylation sites is 1. The third-order valence-electron chi connectivity index (χ3n) is 14.3. The van der Waals surface area contributed by atoms with Gasteiger partial charge in [-0.25, -0.2) is 0 Å². The number of nitrogens with zero attached hydrogens (tertiary/aromatic N) is 1. The van der Waals surface area contributed by atoms with Gasteiger partial charge in [-0.2, -0.15) is 0 Å². The van der Waals surface area contributed by atoms with E-state index in [9.17, 15) is 0 Å². The minimum absolute atomic E-state index is 0.560. The molecule has 1 aliphatic carbocycles. The molecule has 0 amide bonds. The van der Waals surface area contributed by atoms with Gasteiger partial charge in [0.05, 0.1) is 5.41 Å². The molecule has 2 heteroatoms. The average Bonchev–Trinajstić information content (AvgIpc) is 3.74. The first-order valence-corrected chi connectivity index (χ1v) is 25.9. The lowest BCUT2D eigenvalue weighted by Gasteiger charge is -2.37. The van der Waals surface area contributed by atoms with Crippen LogP contribution in [0.15, 0.2) is 297 Å². The van der Waals surface area contributed by atoms with Gasteiger partial charge in [0.2, 0.25) is 0 Å². The van der Waals surface area contributed by atoms with Crippen molar-refractivity contribution in [1.82, 2.24) is 0 Å². The first-order valence-electron chi connectivity index (χ1n) is 23.9. The number of fused-ring (bicyclic) bond motifs is 3. The summed E-state index contributed by atoms with van der Waals surface area (Å²) < 4.78 is 0. The molecule has 1 nitrogen and oxygen atoms in total. The summed E-state index contributed by atoms with van der Waals surface area (Å²) >= 11 is 0. The molecule has 0 aliphatic heterocycles. The molecule has 0 radical (unpaired) electrons. The summed E-state index contributed by atoms with van der Waals surface area (Å²) in [6.07, 6.45) is 0. The van der Waals surface area contributed by atoms with Gasteiger partial charge in [-0.05, 0) is 113 Å². The summed E-state index contributed by atoms with van der Waals surface area (Å²) in [6.45, 7) is 0. The number of hydrogen-bond donors (Lipinski definition) is 0. The molecule has 326 valence electrons. The molecule has 0 saturated heterocycles. The van der Waals surface area contributed by atoms with E-state index in [0.29, 0.717) is 0 Å². The summed E-state index contributed by atoms with van der Waals surface area (Å²) in [5.41, 5.74) is 15.2. The van der Waals surface area contributed by atoms with Gasteiger partial charge >= 0.3 is 0 Å². The normalized spacial score (nSPS) is 12.5. The molecule has 69 heavy (non-hydrogen) atoms. The quantitative estimate of drug-likeness (QED) is 0.0924. The Morgan fingerprint density at radius 2 is 0.522 bits per heavy atom. The van der Waals surface area contributed by atoms with Crippen LogP contribution in [0.25, 0.3) is 33.4 Å².